The van der Waals surface area contributed by atoms with E-state index in [9.17, 15) is 14.0 Å². The first-order valence-corrected chi connectivity index (χ1v) is 8.61. The van der Waals surface area contributed by atoms with Gasteiger partial charge in [-0.15, -0.1) is 0 Å². The van der Waals surface area contributed by atoms with Gasteiger partial charge in [-0.05, 0) is 42.7 Å². The molecule has 27 heavy (non-hydrogen) atoms. The van der Waals surface area contributed by atoms with Gasteiger partial charge in [0.2, 0.25) is 5.91 Å². The van der Waals surface area contributed by atoms with E-state index in [1.54, 1.807) is 24.3 Å². The lowest BCUT2D eigenvalue weighted by molar-refractivity contribution is -0.137. The zero-order chi connectivity index (χ0) is 19.5. The summed E-state index contributed by atoms with van der Waals surface area (Å²) in [6.07, 6.45) is 3.59. The Balaban J connectivity index is 1.81. The Hall–Kier alpha value is -3.22. The molecule has 0 spiro atoms. The van der Waals surface area contributed by atoms with Gasteiger partial charge in [0.15, 0.2) is 11.6 Å². The predicted molar refractivity (Wildman–Crippen MR) is 99.4 cm³/mol. The molecule has 0 fully saturated rings. The fourth-order valence-corrected chi connectivity index (χ4v) is 2.27. The van der Waals surface area contributed by atoms with Gasteiger partial charge in [0.25, 0.3) is 0 Å². The highest BCUT2D eigenvalue weighted by Crippen LogP contribution is 2.24. The lowest BCUT2D eigenvalue weighted by atomic mass is 10.1. The summed E-state index contributed by atoms with van der Waals surface area (Å²) < 4.78 is 19.4. The molecular formula is C20H21FN2O4. The first kappa shape index (κ1) is 20.1. The molecule has 0 aliphatic heterocycles. The van der Waals surface area contributed by atoms with Crippen LogP contribution in [0.15, 0.2) is 53.6 Å². The summed E-state index contributed by atoms with van der Waals surface area (Å²) in [5.74, 6) is -1.01. The molecule has 0 aliphatic rings. The largest absolute Gasteiger partial charge is 0.481 e. The van der Waals surface area contributed by atoms with Crippen LogP contribution in [-0.2, 0) is 9.59 Å². The molecule has 2 aromatic carbocycles. The molecule has 2 aromatic rings. The minimum absolute atomic E-state index is 0.0647. The van der Waals surface area contributed by atoms with E-state index in [2.05, 4.69) is 10.5 Å². The van der Waals surface area contributed by atoms with Crippen molar-refractivity contribution in [1.82, 2.24) is 5.43 Å². The summed E-state index contributed by atoms with van der Waals surface area (Å²) in [6, 6.07) is 13.1. The van der Waals surface area contributed by atoms with Gasteiger partial charge in [0.05, 0.1) is 6.21 Å². The van der Waals surface area contributed by atoms with Gasteiger partial charge < -0.3 is 9.84 Å². The Bertz CT molecular complexity index is 794. The minimum Gasteiger partial charge on any atom is -0.481 e. The number of para-hydroxylation sites is 1. The van der Waals surface area contributed by atoms with Gasteiger partial charge in [-0.3, -0.25) is 9.59 Å². The summed E-state index contributed by atoms with van der Waals surface area (Å²) >= 11 is 0. The average molecular weight is 372 g/mol. The number of carboxylic acids is 1. The fourth-order valence-electron chi connectivity index (χ4n) is 2.27. The average Bonchev–Trinajstić information content (AvgIpc) is 2.64. The van der Waals surface area contributed by atoms with Crippen molar-refractivity contribution in [1.29, 1.82) is 0 Å². The highest BCUT2D eigenvalue weighted by atomic mass is 19.1. The van der Waals surface area contributed by atoms with Crippen LogP contribution in [0.4, 0.5) is 4.39 Å². The number of hydrogen-bond acceptors (Lipinski definition) is 4. The number of carboxylic acid groups (broad SMARTS) is 1. The minimum atomic E-state index is -0.834. The third-order valence-corrected chi connectivity index (χ3v) is 3.62. The van der Waals surface area contributed by atoms with E-state index in [4.69, 9.17) is 9.84 Å². The number of aliphatic carboxylic acids is 1. The second kappa shape index (κ2) is 10.7. The smallest absolute Gasteiger partial charge is 0.303 e. The molecule has 0 saturated carbocycles. The van der Waals surface area contributed by atoms with Crippen molar-refractivity contribution >= 4 is 18.1 Å². The van der Waals surface area contributed by atoms with Gasteiger partial charge in [-0.25, -0.2) is 9.82 Å². The van der Waals surface area contributed by atoms with Crippen LogP contribution >= 0.6 is 0 Å². The summed E-state index contributed by atoms with van der Waals surface area (Å²) in [7, 11) is 0. The lowest BCUT2D eigenvalue weighted by Crippen LogP contribution is -2.16. The molecule has 0 bridgehead atoms. The SMILES string of the molecule is O=C(O)CCCCCC(=O)N/N=C/c1ccc(F)c(Oc2ccccc2)c1. The molecule has 0 unspecified atom stereocenters. The maximum absolute atomic E-state index is 13.9. The van der Waals surface area contributed by atoms with Gasteiger partial charge in [-0.2, -0.15) is 5.10 Å². The molecule has 0 aromatic heterocycles. The second-order valence-corrected chi connectivity index (χ2v) is 5.85. The van der Waals surface area contributed by atoms with E-state index in [1.165, 1.54) is 24.4 Å². The van der Waals surface area contributed by atoms with Gasteiger partial charge in [0, 0.05) is 12.8 Å². The first-order chi connectivity index (χ1) is 13.0. The summed E-state index contributed by atoms with van der Waals surface area (Å²) in [4.78, 5) is 22.1. The van der Waals surface area contributed by atoms with E-state index < -0.39 is 11.8 Å². The number of hydrogen-bond donors (Lipinski definition) is 2. The van der Waals surface area contributed by atoms with Crippen LogP contribution in [0.2, 0.25) is 0 Å². The van der Waals surface area contributed by atoms with Crippen molar-refractivity contribution in [2.45, 2.75) is 32.1 Å². The van der Waals surface area contributed by atoms with E-state index in [1.807, 2.05) is 6.07 Å². The number of halogens is 1. The van der Waals surface area contributed by atoms with Crippen LogP contribution < -0.4 is 10.2 Å². The first-order valence-electron chi connectivity index (χ1n) is 8.61. The fraction of sp³-hybridized carbons (Fsp3) is 0.250. The Morgan fingerprint density at radius 1 is 1.07 bits per heavy atom. The maximum atomic E-state index is 13.9. The number of carbonyl (C=O) groups is 2. The molecule has 0 aliphatic carbocycles. The van der Waals surface area contributed by atoms with Crippen molar-refractivity contribution < 1.29 is 23.8 Å². The normalized spacial score (nSPS) is 10.7. The quantitative estimate of drug-likeness (QED) is 0.373. The monoisotopic (exact) mass is 372 g/mol. The van der Waals surface area contributed by atoms with Crippen LogP contribution in [0, 0.1) is 5.82 Å². The predicted octanol–water partition coefficient (Wildman–Crippen LogP) is 4.10. The molecule has 6 nitrogen and oxygen atoms in total. The number of hydrazone groups is 1. The number of ether oxygens (including phenoxy) is 1. The van der Waals surface area contributed by atoms with Crippen LogP contribution in [-0.4, -0.2) is 23.2 Å². The number of nitrogens with one attached hydrogen (secondary N) is 1. The molecule has 2 rings (SSSR count). The topological polar surface area (TPSA) is 88.0 Å². The zero-order valence-electron chi connectivity index (χ0n) is 14.7. The van der Waals surface area contributed by atoms with Crippen molar-refractivity contribution in [3.8, 4) is 11.5 Å². The molecule has 142 valence electrons. The maximum Gasteiger partial charge on any atom is 0.303 e. The van der Waals surface area contributed by atoms with Gasteiger partial charge >= 0.3 is 5.97 Å². The molecule has 1 amide bonds. The standard InChI is InChI=1S/C20H21FN2O4/c21-17-12-11-15(13-18(17)27-16-7-3-1-4-8-16)14-22-23-19(24)9-5-2-6-10-20(25)26/h1,3-4,7-8,11-14H,2,5-6,9-10H2,(H,23,24)(H,25,26)/b22-14+. The van der Waals surface area contributed by atoms with Crippen molar-refractivity contribution in [3.05, 3.63) is 59.9 Å². The van der Waals surface area contributed by atoms with E-state index >= 15 is 0 Å². The van der Waals surface area contributed by atoms with E-state index in [-0.39, 0.29) is 24.5 Å². The highest BCUT2D eigenvalue weighted by molar-refractivity contribution is 5.82. The number of nitrogens with zero attached hydrogens (tertiary/aromatic N) is 1. The number of unbranched alkanes of at least 4 members (excludes halogenated alkanes) is 2. The Morgan fingerprint density at radius 2 is 1.81 bits per heavy atom. The Kier molecular flexibility index (Phi) is 7.96. The van der Waals surface area contributed by atoms with Crippen LogP contribution in [0.1, 0.15) is 37.7 Å². The zero-order valence-corrected chi connectivity index (χ0v) is 14.7. The molecule has 0 heterocycles. The van der Waals surface area contributed by atoms with Gasteiger partial charge in [0.1, 0.15) is 5.75 Å². The van der Waals surface area contributed by atoms with Gasteiger partial charge in [-0.1, -0.05) is 30.7 Å². The Morgan fingerprint density at radius 3 is 2.56 bits per heavy atom. The molecule has 2 N–H and O–H groups in total. The Labute approximate surface area is 156 Å². The van der Waals surface area contributed by atoms with E-state index in [0.717, 1.165) is 0 Å². The lowest BCUT2D eigenvalue weighted by Gasteiger charge is -2.07. The highest BCUT2D eigenvalue weighted by Gasteiger charge is 2.06. The molecular weight excluding hydrogens is 351 g/mol. The third-order valence-electron chi connectivity index (χ3n) is 3.62. The van der Waals surface area contributed by atoms with Crippen molar-refractivity contribution in [2.24, 2.45) is 5.10 Å². The van der Waals surface area contributed by atoms with Crippen molar-refractivity contribution in [2.75, 3.05) is 0 Å². The van der Waals surface area contributed by atoms with E-state index in [0.29, 0.717) is 30.6 Å². The van der Waals surface area contributed by atoms with Crippen LogP contribution in [0.3, 0.4) is 0 Å². The number of benzene rings is 2. The molecule has 0 saturated heterocycles. The summed E-state index contributed by atoms with van der Waals surface area (Å²) in [6.45, 7) is 0. The summed E-state index contributed by atoms with van der Waals surface area (Å²) in [5, 5.41) is 12.4. The van der Waals surface area contributed by atoms with Crippen LogP contribution in [0.5, 0.6) is 11.5 Å². The molecule has 7 heteroatoms. The number of amides is 1. The number of carbonyl (C=O) groups excluding carboxylic acids is 1. The molecule has 0 atom stereocenters. The number of rotatable bonds is 10. The molecule has 0 radical (unpaired) electrons. The van der Waals surface area contributed by atoms with Crippen LogP contribution in [0.25, 0.3) is 0 Å². The summed E-state index contributed by atoms with van der Waals surface area (Å²) in [5.41, 5.74) is 2.97. The second-order valence-electron chi connectivity index (χ2n) is 5.85. The third kappa shape index (κ3) is 7.68. The van der Waals surface area contributed by atoms with Crippen molar-refractivity contribution in [3.63, 3.8) is 0 Å².